The van der Waals surface area contributed by atoms with Crippen molar-refractivity contribution in [1.29, 1.82) is 0 Å². The minimum absolute atomic E-state index is 0.152. The third kappa shape index (κ3) is 2.90. The summed E-state index contributed by atoms with van der Waals surface area (Å²) in [5.41, 5.74) is 2.28. The zero-order valence-corrected chi connectivity index (χ0v) is 14.6. The third-order valence-corrected chi connectivity index (χ3v) is 4.38. The van der Waals surface area contributed by atoms with Gasteiger partial charge in [0.25, 0.3) is 0 Å². The van der Waals surface area contributed by atoms with E-state index in [1.165, 1.54) is 7.11 Å². The zero-order chi connectivity index (χ0) is 17.5. The van der Waals surface area contributed by atoms with Gasteiger partial charge in [-0.15, -0.1) is 0 Å². The van der Waals surface area contributed by atoms with E-state index < -0.39 is 5.60 Å². The lowest BCUT2D eigenvalue weighted by molar-refractivity contribution is -0.145. The molecule has 0 N–H and O–H groups in total. The lowest BCUT2D eigenvalue weighted by Crippen LogP contribution is -2.30. The number of rotatable bonds is 1. The van der Waals surface area contributed by atoms with Crippen LogP contribution in [0.2, 0.25) is 0 Å². The first-order valence-electron chi connectivity index (χ1n) is 8.24. The van der Waals surface area contributed by atoms with Gasteiger partial charge in [-0.05, 0) is 51.7 Å². The molecule has 2 aromatic rings. The van der Waals surface area contributed by atoms with Gasteiger partial charge in [-0.25, -0.2) is 9.36 Å². The number of methoxy groups -OCH3 is 1. The summed E-state index contributed by atoms with van der Waals surface area (Å²) in [6, 6.07) is 7.77. The van der Waals surface area contributed by atoms with Gasteiger partial charge in [-0.3, -0.25) is 4.79 Å². The molecule has 0 aliphatic heterocycles. The van der Waals surface area contributed by atoms with E-state index in [1.54, 1.807) is 4.57 Å². The van der Waals surface area contributed by atoms with Gasteiger partial charge in [0.15, 0.2) is 0 Å². The molecule has 3 rings (SSSR count). The van der Waals surface area contributed by atoms with E-state index in [0.717, 1.165) is 22.2 Å². The van der Waals surface area contributed by atoms with E-state index in [9.17, 15) is 9.59 Å². The van der Waals surface area contributed by atoms with Crippen molar-refractivity contribution in [2.24, 2.45) is 5.92 Å². The SMILES string of the molecule is COC(=O)C1CCc2c(c3ccccc3n2C(=O)OC(C)(C)C)C1. The Labute approximate surface area is 141 Å². The molecule has 5 nitrogen and oxygen atoms in total. The average Bonchev–Trinajstić information content (AvgIpc) is 2.86. The number of esters is 1. The molecule has 1 aliphatic rings. The molecule has 128 valence electrons. The van der Waals surface area contributed by atoms with Crippen LogP contribution < -0.4 is 0 Å². The fourth-order valence-corrected chi connectivity index (χ4v) is 3.39. The van der Waals surface area contributed by atoms with Crippen molar-refractivity contribution in [3.63, 3.8) is 0 Å². The van der Waals surface area contributed by atoms with Crippen molar-refractivity contribution in [2.75, 3.05) is 7.11 Å². The predicted octanol–water partition coefficient (Wildman–Crippen LogP) is 3.70. The number of aromatic nitrogens is 1. The molecule has 0 bridgehead atoms. The smallest absolute Gasteiger partial charge is 0.419 e. The van der Waals surface area contributed by atoms with Crippen LogP contribution in [0, 0.1) is 5.92 Å². The van der Waals surface area contributed by atoms with Crippen molar-refractivity contribution in [3.05, 3.63) is 35.5 Å². The molecule has 0 spiro atoms. The number of fused-ring (bicyclic) bond motifs is 3. The summed E-state index contributed by atoms with van der Waals surface area (Å²) in [6.07, 6.45) is 1.57. The van der Waals surface area contributed by atoms with Gasteiger partial charge < -0.3 is 9.47 Å². The number of nitrogens with zero attached hydrogens (tertiary/aromatic N) is 1. The van der Waals surface area contributed by atoms with Gasteiger partial charge in [0.2, 0.25) is 0 Å². The Morgan fingerprint density at radius 1 is 1.21 bits per heavy atom. The maximum Gasteiger partial charge on any atom is 0.419 e. The van der Waals surface area contributed by atoms with Crippen LogP contribution >= 0.6 is 0 Å². The zero-order valence-electron chi connectivity index (χ0n) is 14.6. The van der Waals surface area contributed by atoms with Gasteiger partial charge in [0, 0.05) is 11.1 Å². The van der Waals surface area contributed by atoms with E-state index in [-0.39, 0.29) is 18.0 Å². The van der Waals surface area contributed by atoms with Crippen molar-refractivity contribution < 1.29 is 19.1 Å². The van der Waals surface area contributed by atoms with E-state index in [2.05, 4.69) is 0 Å². The molecule has 0 saturated carbocycles. The van der Waals surface area contributed by atoms with Gasteiger partial charge in [0.1, 0.15) is 5.60 Å². The largest absolute Gasteiger partial charge is 0.469 e. The highest BCUT2D eigenvalue weighted by atomic mass is 16.6. The first-order chi connectivity index (χ1) is 11.3. The second-order valence-corrected chi connectivity index (χ2v) is 7.22. The van der Waals surface area contributed by atoms with Crippen LogP contribution in [0.4, 0.5) is 4.79 Å². The molecule has 0 radical (unpaired) electrons. The summed E-state index contributed by atoms with van der Waals surface area (Å²) >= 11 is 0. The lowest BCUT2D eigenvalue weighted by Gasteiger charge is -2.24. The standard InChI is InChI=1S/C19H23NO4/c1-19(2,3)24-18(22)20-15-8-6-5-7-13(15)14-11-12(17(21)23-4)9-10-16(14)20/h5-8,12H,9-11H2,1-4H3. The number of benzene rings is 1. The van der Waals surface area contributed by atoms with Crippen LogP contribution in [0.1, 0.15) is 38.4 Å². The van der Waals surface area contributed by atoms with Gasteiger partial charge >= 0.3 is 12.1 Å². The van der Waals surface area contributed by atoms with Gasteiger partial charge in [-0.2, -0.15) is 0 Å². The Balaban J connectivity index is 2.09. The number of ether oxygens (including phenoxy) is 2. The number of hydrogen-bond acceptors (Lipinski definition) is 4. The monoisotopic (exact) mass is 329 g/mol. The summed E-state index contributed by atoms with van der Waals surface area (Å²) in [4.78, 5) is 24.6. The molecule has 24 heavy (non-hydrogen) atoms. The molecule has 1 heterocycles. The molecule has 5 heteroatoms. The normalized spacial score (nSPS) is 17.4. The van der Waals surface area contributed by atoms with Gasteiger partial charge in [0.05, 0.1) is 18.5 Å². The molecule has 0 fully saturated rings. The van der Waals surface area contributed by atoms with Crippen LogP contribution in [0.25, 0.3) is 10.9 Å². The number of carbonyl (C=O) groups is 2. The fourth-order valence-electron chi connectivity index (χ4n) is 3.39. The molecule has 1 aromatic heterocycles. The van der Waals surface area contributed by atoms with Crippen LogP contribution in [0.3, 0.4) is 0 Å². The third-order valence-electron chi connectivity index (χ3n) is 4.38. The molecule has 0 amide bonds. The Morgan fingerprint density at radius 2 is 1.92 bits per heavy atom. The summed E-state index contributed by atoms with van der Waals surface area (Å²) in [5.74, 6) is -0.338. The Kier molecular flexibility index (Phi) is 4.11. The van der Waals surface area contributed by atoms with Crippen LogP contribution in [-0.2, 0) is 27.1 Å². The van der Waals surface area contributed by atoms with Crippen molar-refractivity contribution in [3.8, 4) is 0 Å². The number of carbonyl (C=O) groups excluding carboxylic acids is 2. The molecule has 1 aliphatic carbocycles. The van der Waals surface area contributed by atoms with Crippen LogP contribution in [0.5, 0.6) is 0 Å². The Hall–Kier alpha value is -2.30. The second kappa shape index (κ2) is 5.96. The fraction of sp³-hybridized carbons (Fsp3) is 0.474. The highest BCUT2D eigenvalue weighted by molar-refractivity contribution is 5.94. The molecule has 1 unspecified atom stereocenters. The Morgan fingerprint density at radius 3 is 2.58 bits per heavy atom. The molecular weight excluding hydrogens is 306 g/mol. The van der Waals surface area contributed by atoms with Crippen molar-refractivity contribution in [1.82, 2.24) is 4.57 Å². The lowest BCUT2D eigenvalue weighted by atomic mass is 9.86. The second-order valence-electron chi connectivity index (χ2n) is 7.22. The van der Waals surface area contributed by atoms with E-state index >= 15 is 0 Å². The van der Waals surface area contributed by atoms with Crippen LogP contribution in [-0.4, -0.2) is 29.3 Å². The predicted molar refractivity (Wildman–Crippen MR) is 91.1 cm³/mol. The average molecular weight is 329 g/mol. The molecule has 1 atom stereocenters. The Bertz CT molecular complexity index is 798. The molecular formula is C19H23NO4. The van der Waals surface area contributed by atoms with Crippen LogP contribution in [0.15, 0.2) is 24.3 Å². The van der Waals surface area contributed by atoms with E-state index in [4.69, 9.17) is 9.47 Å². The summed E-state index contributed by atoms with van der Waals surface area (Å²) in [6.45, 7) is 5.57. The van der Waals surface area contributed by atoms with E-state index in [1.807, 2.05) is 45.0 Å². The maximum absolute atomic E-state index is 12.7. The number of para-hydroxylation sites is 1. The maximum atomic E-state index is 12.7. The first kappa shape index (κ1) is 16.6. The minimum Gasteiger partial charge on any atom is -0.469 e. The number of hydrogen-bond donors (Lipinski definition) is 0. The highest BCUT2D eigenvalue weighted by Gasteiger charge is 2.32. The van der Waals surface area contributed by atoms with Crippen molar-refractivity contribution in [2.45, 2.75) is 45.6 Å². The minimum atomic E-state index is -0.557. The summed E-state index contributed by atoms with van der Waals surface area (Å²) < 4.78 is 12.2. The topological polar surface area (TPSA) is 57.5 Å². The van der Waals surface area contributed by atoms with Gasteiger partial charge in [-0.1, -0.05) is 18.2 Å². The highest BCUT2D eigenvalue weighted by Crippen LogP contribution is 2.35. The van der Waals surface area contributed by atoms with E-state index in [0.29, 0.717) is 19.3 Å². The quantitative estimate of drug-likeness (QED) is 0.749. The summed E-state index contributed by atoms with van der Waals surface area (Å²) in [7, 11) is 1.42. The first-order valence-corrected chi connectivity index (χ1v) is 8.24. The molecule has 0 saturated heterocycles. The van der Waals surface area contributed by atoms with Crippen molar-refractivity contribution >= 4 is 23.0 Å². The summed E-state index contributed by atoms with van der Waals surface area (Å²) in [5, 5.41) is 1.01. The molecule has 1 aromatic carbocycles.